The van der Waals surface area contributed by atoms with Crippen molar-refractivity contribution >= 4 is 29.1 Å². The van der Waals surface area contributed by atoms with Crippen LogP contribution in [0.2, 0.25) is 0 Å². The van der Waals surface area contributed by atoms with Gasteiger partial charge in [-0.2, -0.15) is 0 Å². The second-order valence-electron chi connectivity index (χ2n) is 9.14. The number of benzene rings is 4. The molecule has 0 bridgehead atoms. The molecule has 0 saturated carbocycles. The number of hydrogen-bond donors (Lipinski definition) is 2. The number of carboxylic acids is 1. The molecule has 5 nitrogen and oxygen atoms in total. The molecule has 1 aliphatic heterocycles. The summed E-state index contributed by atoms with van der Waals surface area (Å²) in [6.07, 6.45) is 0.578. The Morgan fingerprint density at radius 1 is 1.08 bits per heavy atom. The van der Waals surface area contributed by atoms with Crippen LogP contribution >= 0.6 is 12.4 Å². The molecular formula is C30H29ClFNO4. The highest BCUT2D eigenvalue weighted by molar-refractivity contribution is 5.86. The Bertz CT molecular complexity index is 1390. The van der Waals surface area contributed by atoms with Crippen molar-refractivity contribution in [3.63, 3.8) is 0 Å². The van der Waals surface area contributed by atoms with Gasteiger partial charge >= 0.3 is 5.97 Å². The van der Waals surface area contributed by atoms with Gasteiger partial charge < -0.3 is 19.9 Å². The molecule has 1 aliphatic rings. The van der Waals surface area contributed by atoms with E-state index in [2.05, 4.69) is 48.6 Å². The SMILES string of the molecule is CC(NC[C@H]1C[C@@H](c2ccc(OCC(=O)O)c(F)c2)c2ccccc2O1)c1cccc2ccccc12.Cl. The summed E-state index contributed by atoms with van der Waals surface area (Å²) in [6.45, 7) is 2.21. The molecule has 0 amide bonds. The highest BCUT2D eigenvalue weighted by atomic mass is 35.5. The topological polar surface area (TPSA) is 67.8 Å². The van der Waals surface area contributed by atoms with Crippen LogP contribution in [0.4, 0.5) is 4.39 Å². The maximum absolute atomic E-state index is 14.7. The molecule has 3 atom stereocenters. The Labute approximate surface area is 221 Å². The molecule has 1 heterocycles. The normalized spacial score (nSPS) is 17.2. The van der Waals surface area contributed by atoms with E-state index in [1.165, 1.54) is 28.5 Å². The highest BCUT2D eigenvalue weighted by Crippen LogP contribution is 2.41. The second-order valence-corrected chi connectivity index (χ2v) is 9.14. The Morgan fingerprint density at radius 2 is 1.84 bits per heavy atom. The van der Waals surface area contributed by atoms with E-state index in [1.807, 2.05) is 30.3 Å². The molecule has 0 radical (unpaired) electrons. The summed E-state index contributed by atoms with van der Waals surface area (Å²) in [5, 5.41) is 14.9. The molecule has 0 fully saturated rings. The van der Waals surface area contributed by atoms with Crippen LogP contribution in [0, 0.1) is 5.82 Å². The second kappa shape index (κ2) is 11.6. The van der Waals surface area contributed by atoms with Crippen molar-refractivity contribution in [3.05, 3.63) is 107 Å². The standard InChI is InChI=1S/C30H28FNO4.ClH/c1-19(23-11-6-8-20-7-2-3-9-24(20)23)32-17-22-16-26(25-10-4-5-12-28(25)36-22)21-13-14-29(27(31)15-21)35-18-30(33)34;/h2-15,19,22,26,32H,16-18H2,1H3,(H,33,34);1H/t19?,22-,26+;/m1./s1. The molecule has 0 aromatic heterocycles. The van der Waals surface area contributed by atoms with Crippen LogP contribution in [-0.4, -0.2) is 30.3 Å². The average molecular weight is 522 g/mol. The lowest BCUT2D eigenvalue weighted by molar-refractivity contribution is -0.139. The first-order valence-electron chi connectivity index (χ1n) is 12.1. The van der Waals surface area contributed by atoms with Gasteiger partial charge in [0.15, 0.2) is 18.2 Å². The molecule has 0 aliphatic carbocycles. The van der Waals surface area contributed by atoms with Gasteiger partial charge in [-0.05, 0) is 53.4 Å². The molecule has 192 valence electrons. The Hall–Kier alpha value is -3.61. The lowest BCUT2D eigenvalue weighted by Crippen LogP contribution is -2.37. The average Bonchev–Trinajstić information content (AvgIpc) is 2.90. The first kappa shape index (κ1) is 26.5. The zero-order chi connectivity index (χ0) is 25.1. The summed E-state index contributed by atoms with van der Waals surface area (Å²) in [6, 6.07) is 27.4. The molecule has 37 heavy (non-hydrogen) atoms. The Morgan fingerprint density at radius 3 is 2.65 bits per heavy atom. The molecule has 0 saturated heterocycles. The van der Waals surface area contributed by atoms with Gasteiger partial charge in [0.2, 0.25) is 0 Å². The van der Waals surface area contributed by atoms with Crippen LogP contribution in [0.1, 0.15) is 42.0 Å². The van der Waals surface area contributed by atoms with E-state index in [9.17, 15) is 9.18 Å². The highest BCUT2D eigenvalue weighted by Gasteiger charge is 2.30. The summed E-state index contributed by atoms with van der Waals surface area (Å²) in [7, 11) is 0. The fourth-order valence-electron chi connectivity index (χ4n) is 4.97. The van der Waals surface area contributed by atoms with E-state index in [1.54, 1.807) is 6.07 Å². The van der Waals surface area contributed by atoms with Gasteiger partial charge in [-0.1, -0.05) is 66.7 Å². The number of ether oxygens (including phenoxy) is 2. The van der Waals surface area contributed by atoms with Gasteiger partial charge in [-0.3, -0.25) is 0 Å². The van der Waals surface area contributed by atoms with Crippen molar-refractivity contribution in [1.82, 2.24) is 5.32 Å². The third-order valence-corrected chi connectivity index (χ3v) is 6.74. The summed E-state index contributed by atoms with van der Waals surface area (Å²) in [4.78, 5) is 10.8. The zero-order valence-electron chi connectivity index (χ0n) is 20.4. The van der Waals surface area contributed by atoms with Crippen molar-refractivity contribution in [3.8, 4) is 11.5 Å². The third kappa shape index (κ3) is 5.87. The van der Waals surface area contributed by atoms with Crippen molar-refractivity contribution in [2.45, 2.75) is 31.4 Å². The predicted octanol–water partition coefficient (Wildman–Crippen LogP) is 6.50. The number of aliphatic carboxylic acids is 1. The lowest BCUT2D eigenvalue weighted by Gasteiger charge is -2.33. The maximum atomic E-state index is 14.7. The number of nitrogens with one attached hydrogen (secondary N) is 1. The van der Waals surface area contributed by atoms with E-state index < -0.39 is 18.4 Å². The predicted molar refractivity (Wildman–Crippen MR) is 144 cm³/mol. The van der Waals surface area contributed by atoms with Gasteiger partial charge in [-0.25, -0.2) is 9.18 Å². The monoisotopic (exact) mass is 521 g/mol. The smallest absolute Gasteiger partial charge is 0.341 e. The molecule has 4 aromatic rings. The van der Waals surface area contributed by atoms with E-state index in [-0.39, 0.29) is 36.2 Å². The molecular weight excluding hydrogens is 493 g/mol. The van der Waals surface area contributed by atoms with Crippen LogP contribution in [0.3, 0.4) is 0 Å². The van der Waals surface area contributed by atoms with Crippen molar-refractivity contribution in [1.29, 1.82) is 0 Å². The Balaban J connectivity index is 0.00000320. The van der Waals surface area contributed by atoms with Gasteiger partial charge in [-0.15, -0.1) is 12.4 Å². The van der Waals surface area contributed by atoms with Crippen LogP contribution < -0.4 is 14.8 Å². The van der Waals surface area contributed by atoms with Crippen molar-refractivity contribution in [2.75, 3.05) is 13.2 Å². The van der Waals surface area contributed by atoms with Crippen molar-refractivity contribution < 1.29 is 23.8 Å². The van der Waals surface area contributed by atoms with Crippen LogP contribution in [0.25, 0.3) is 10.8 Å². The summed E-state index contributed by atoms with van der Waals surface area (Å²) >= 11 is 0. The molecule has 2 N–H and O–H groups in total. The molecule has 0 spiro atoms. The summed E-state index contributed by atoms with van der Waals surface area (Å²) < 4.78 is 26.1. The fraction of sp³-hybridized carbons (Fsp3) is 0.233. The quantitative estimate of drug-likeness (QED) is 0.277. The fourth-order valence-corrected chi connectivity index (χ4v) is 4.97. The zero-order valence-corrected chi connectivity index (χ0v) is 21.2. The summed E-state index contributed by atoms with van der Waals surface area (Å²) in [5.74, 6) is -1.05. The van der Waals surface area contributed by atoms with E-state index in [4.69, 9.17) is 14.6 Å². The van der Waals surface area contributed by atoms with E-state index >= 15 is 0 Å². The third-order valence-electron chi connectivity index (χ3n) is 6.74. The van der Waals surface area contributed by atoms with Gasteiger partial charge in [0.25, 0.3) is 0 Å². The largest absolute Gasteiger partial charge is 0.489 e. The molecule has 7 heteroatoms. The van der Waals surface area contributed by atoms with E-state index in [0.717, 1.165) is 16.9 Å². The number of halogens is 2. The lowest BCUT2D eigenvalue weighted by atomic mass is 9.84. The number of para-hydroxylation sites is 1. The maximum Gasteiger partial charge on any atom is 0.341 e. The number of rotatable bonds is 8. The van der Waals surface area contributed by atoms with Gasteiger partial charge in [0.1, 0.15) is 11.9 Å². The molecule has 1 unspecified atom stereocenters. The van der Waals surface area contributed by atoms with Crippen LogP contribution in [0.15, 0.2) is 84.9 Å². The first-order valence-corrected chi connectivity index (χ1v) is 12.1. The minimum absolute atomic E-state index is 0. The first-order chi connectivity index (χ1) is 17.5. The molecule has 5 rings (SSSR count). The number of fused-ring (bicyclic) bond motifs is 2. The van der Waals surface area contributed by atoms with Crippen LogP contribution in [-0.2, 0) is 4.79 Å². The number of hydrogen-bond acceptors (Lipinski definition) is 4. The number of carbonyl (C=O) groups is 1. The minimum Gasteiger partial charge on any atom is -0.489 e. The van der Waals surface area contributed by atoms with Gasteiger partial charge in [0.05, 0.1) is 0 Å². The van der Waals surface area contributed by atoms with E-state index in [0.29, 0.717) is 13.0 Å². The minimum atomic E-state index is -1.15. The van der Waals surface area contributed by atoms with Crippen molar-refractivity contribution in [2.24, 2.45) is 0 Å². The van der Waals surface area contributed by atoms with Crippen LogP contribution in [0.5, 0.6) is 11.5 Å². The molecule has 4 aromatic carbocycles. The Kier molecular flexibility index (Phi) is 8.31. The van der Waals surface area contributed by atoms with Gasteiger partial charge in [0, 0.05) is 24.1 Å². The summed E-state index contributed by atoms with van der Waals surface area (Å²) in [5.41, 5.74) is 3.05. The number of carboxylic acid groups (broad SMARTS) is 1.